The Bertz CT molecular complexity index is 768. The quantitative estimate of drug-likeness (QED) is 0.524. The van der Waals surface area contributed by atoms with Gasteiger partial charge in [-0.1, -0.05) is 28.1 Å². The molecule has 140 valence electrons. The van der Waals surface area contributed by atoms with Crippen molar-refractivity contribution < 1.29 is 13.9 Å². The Morgan fingerprint density at radius 3 is 2.50 bits per heavy atom. The molecule has 2 N–H and O–H groups in total. The standard InChI is InChI=1S/C19H23BrFN3O2/c1-4-22-19(24-12-14-6-7-15(20)10-16(14)21)23-11-13-5-8-17(25-2)18(9-13)26-3/h5-10H,4,11-12H2,1-3H3,(H2,22,23,24). The number of guanidine groups is 1. The van der Waals surface area contributed by atoms with Gasteiger partial charge in [-0.25, -0.2) is 9.38 Å². The highest BCUT2D eigenvalue weighted by molar-refractivity contribution is 9.10. The van der Waals surface area contributed by atoms with Crippen molar-refractivity contribution in [3.05, 3.63) is 57.8 Å². The minimum Gasteiger partial charge on any atom is -0.493 e. The molecular weight excluding hydrogens is 401 g/mol. The van der Waals surface area contributed by atoms with Crippen LogP contribution in [0.3, 0.4) is 0 Å². The molecule has 0 fully saturated rings. The fourth-order valence-corrected chi connectivity index (χ4v) is 2.67. The summed E-state index contributed by atoms with van der Waals surface area (Å²) >= 11 is 3.26. The molecule has 2 aromatic rings. The van der Waals surface area contributed by atoms with Gasteiger partial charge in [-0.2, -0.15) is 0 Å². The first-order valence-electron chi connectivity index (χ1n) is 8.24. The number of hydrogen-bond acceptors (Lipinski definition) is 3. The molecule has 5 nitrogen and oxygen atoms in total. The first-order valence-corrected chi connectivity index (χ1v) is 9.03. The van der Waals surface area contributed by atoms with E-state index in [4.69, 9.17) is 9.47 Å². The molecule has 0 atom stereocenters. The monoisotopic (exact) mass is 423 g/mol. The number of aliphatic imine (C=N–C) groups is 1. The fraction of sp³-hybridized carbons (Fsp3) is 0.316. The summed E-state index contributed by atoms with van der Waals surface area (Å²) in [6.07, 6.45) is 0. The van der Waals surface area contributed by atoms with E-state index >= 15 is 0 Å². The average Bonchev–Trinajstić information content (AvgIpc) is 2.64. The smallest absolute Gasteiger partial charge is 0.191 e. The van der Waals surface area contributed by atoms with Crippen LogP contribution in [0, 0.1) is 5.82 Å². The molecule has 0 radical (unpaired) electrons. The lowest BCUT2D eigenvalue weighted by Crippen LogP contribution is -2.37. The molecule has 0 unspecified atom stereocenters. The van der Waals surface area contributed by atoms with Crippen LogP contribution in [0.1, 0.15) is 18.1 Å². The molecule has 0 saturated carbocycles. The van der Waals surface area contributed by atoms with E-state index in [1.165, 1.54) is 6.07 Å². The van der Waals surface area contributed by atoms with Crippen molar-refractivity contribution in [2.45, 2.75) is 20.0 Å². The lowest BCUT2D eigenvalue weighted by atomic mass is 10.2. The highest BCUT2D eigenvalue weighted by atomic mass is 79.9. The third-order valence-corrected chi connectivity index (χ3v) is 4.17. The Morgan fingerprint density at radius 2 is 1.85 bits per heavy atom. The van der Waals surface area contributed by atoms with Gasteiger partial charge in [0.2, 0.25) is 0 Å². The second-order valence-electron chi connectivity index (χ2n) is 5.47. The first-order chi connectivity index (χ1) is 12.6. The average molecular weight is 424 g/mol. The molecule has 26 heavy (non-hydrogen) atoms. The Balaban J connectivity index is 2.06. The summed E-state index contributed by atoms with van der Waals surface area (Å²) in [5, 5.41) is 6.30. The van der Waals surface area contributed by atoms with Crippen LogP contribution in [0.4, 0.5) is 4.39 Å². The van der Waals surface area contributed by atoms with Crippen LogP contribution in [-0.2, 0) is 13.1 Å². The van der Waals surface area contributed by atoms with Crippen molar-refractivity contribution >= 4 is 21.9 Å². The third-order valence-electron chi connectivity index (χ3n) is 3.67. The normalized spacial score (nSPS) is 11.2. The van der Waals surface area contributed by atoms with Gasteiger partial charge in [0.05, 0.1) is 20.8 Å². The molecule has 2 rings (SSSR count). The van der Waals surface area contributed by atoms with Gasteiger partial charge < -0.3 is 20.1 Å². The van der Waals surface area contributed by atoms with Gasteiger partial charge in [0.1, 0.15) is 5.82 Å². The molecule has 0 spiro atoms. The summed E-state index contributed by atoms with van der Waals surface area (Å²) in [7, 11) is 3.20. The zero-order valence-corrected chi connectivity index (χ0v) is 16.7. The lowest BCUT2D eigenvalue weighted by molar-refractivity contribution is 0.354. The minimum atomic E-state index is -0.261. The molecule has 2 aromatic carbocycles. The maximum atomic E-state index is 13.9. The molecule has 0 saturated heterocycles. The SMILES string of the molecule is CCNC(=NCc1ccc(OC)c(OC)c1)NCc1ccc(Br)cc1F. The largest absolute Gasteiger partial charge is 0.493 e. The van der Waals surface area contributed by atoms with E-state index in [0.29, 0.717) is 47.1 Å². The summed E-state index contributed by atoms with van der Waals surface area (Å²) < 4.78 is 25.2. The van der Waals surface area contributed by atoms with Crippen molar-refractivity contribution in [3.63, 3.8) is 0 Å². The van der Waals surface area contributed by atoms with Crippen LogP contribution >= 0.6 is 15.9 Å². The Hall–Kier alpha value is -2.28. The number of nitrogens with one attached hydrogen (secondary N) is 2. The summed E-state index contributed by atoms with van der Waals surface area (Å²) in [5.41, 5.74) is 1.56. The summed E-state index contributed by atoms with van der Waals surface area (Å²) in [4.78, 5) is 4.54. The van der Waals surface area contributed by atoms with Crippen molar-refractivity contribution in [1.29, 1.82) is 0 Å². The zero-order chi connectivity index (χ0) is 18.9. The number of halogens is 2. The lowest BCUT2D eigenvalue weighted by Gasteiger charge is -2.13. The first kappa shape index (κ1) is 20.0. The van der Waals surface area contributed by atoms with Crippen molar-refractivity contribution in [2.24, 2.45) is 4.99 Å². The van der Waals surface area contributed by atoms with Crippen LogP contribution in [0.2, 0.25) is 0 Å². The van der Waals surface area contributed by atoms with Gasteiger partial charge in [0.15, 0.2) is 17.5 Å². The van der Waals surface area contributed by atoms with Gasteiger partial charge in [-0.3, -0.25) is 0 Å². The summed E-state index contributed by atoms with van der Waals surface area (Å²) in [6, 6.07) is 10.7. The molecule has 0 aromatic heterocycles. The predicted molar refractivity (Wildman–Crippen MR) is 105 cm³/mol. The van der Waals surface area contributed by atoms with Crippen LogP contribution in [-0.4, -0.2) is 26.7 Å². The number of rotatable bonds is 7. The number of methoxy groups -OCH3 is 2. The predicted octanol–water partition coefficient (Wildman–Crippen LogP) is 3.86. The Morgan fingerprint density at radius 1 is 1.08 bits per heavy atom. The zero-order valence-electron chi connectivity index (χ0n) is 15.1. The summed E-state index contributed by atoms with van der Waals surface area (Å²) in [6.45, 7) is 3.49. The van der Waals surface area contributed by atoms with E-state index in [1.54, 1.807) is 20.3 Å². The second-order valence-corrected chi connectivity index (χ2v) is 6.39. The molecular formula is C19H23BrFN3O2. The van der Waals surface area contributed by atoms with Gasteiger partial charge in [-0.05, 0) is 36.8 Å². The minimum absolute atomic E-state index is 0.261. The number of ether oxygens (including phenoxy) is 2. The molecule has 7 heteroatoms. The molecule has 0 aliphatic heterocycles. The molecule has 0 aliphatic rings. The van der Waals surface area contributed by atoms with E-state index in [2.05, 4.69) is 31.6 Å². The molecule has 0 heterocycles. The van der Waals surface area contributed by atoms with E-state index in [9.17, 15) is 4.39 Å². The van der Waals surface area contributed by atoms with Gasteiger partial charge in [0.25, 0.3) is 0 Å². The van der Waals surface area contributed by atoms with Crippen molar-refractivity contribution in [1.82, 2.24) is 10.6 Å². The van der Waals surface area contributed by atoms with Gasteiger partial charge >= 0.3 is 0 Å². The second kappa shape index (κ2) is 10.0. The third kappa shape index (κ3) is 5.62. The topological polar surface area (TPSA) is 54.9 Å². The Labute approximate surface area is 161 Å². The highest BCUT2D eigenvalue weighted by Gasteiger charge is 2.06. The van der Waals surface area contributed by atoms with Crippen molar-refractivity contribution in [2.75, 3.05) is 20.8 Å². The van der Waals surface area contributed by atoms with E-state index < -0.39 is 0 Å². The van der Waals surface area contributed by atoms with Crippen LogP contribution in [0.15, 0.2) is 45.9 Å². The highest BCUT2D eigenvalue weighted by Crippen LogP contribution is 2.27. The molecule has 0 aliphatic carbocycles. The van der Waals surface area contributed by atoms with Gasteiger partial charge in [0, 0.05) is 23.1 Å². The van der Waals surface area contributed by atoms with Crippen LogP contribution in [0.5, 0.6) is 11.5 Å². The maximum absolute atomic E-state index is 13.9. The van der Waals surface area contributed by atoms with Crippen molar-refractivity contribution in [3.8, 4) is 11.5 Å². The van der Waals surface area contributed by atoms with Crippen LogP contribution < -0.4 is 20.1 Å². The number of benzene rings is 2. The maximum Gasteiger partial charge on any atom is 0.191 e. The fourth-order valence-electron chi connectivity index (χ4n) is 2.34. The summed E-state index contributed by atoms with van der Waals surface area (Å²) in [5.74, 6) is 1.69. The number of hydrogen-bond donors (Lipinski definition) is 2. The molecule has 0 amide bonds. The van der Waals surface area contributed by atoms with Crippen LogP contribution in [0.25, 0.3) is 0 Å². The van der Waals surface area contributed by atoms with Gasteiger partial charge in [-0.15, -0.1) is 0 Å². The van der Waals surface area contributed by atoms with E-state index in [-0.39, 0.29) is 5.82 Å². The number of nitrogens with zero attached hydrogens (tertiary/aromatic N) is 1. The Kier molecular flexibility index (Phi) is 7.72. The molecule has 0 bridgehead atoms. The van der Waals surface area contributed by atoms with E-state index in [0.717, 1.165) is 5.56 Å². The van der Waals surface area contributed by atoms with E-state index in [1.807, 2.05) is 31.2 Å².